The number of carbonyl (C=O) groups is 2. The lowest BCUT2D eigenvalue weighted by atomic mass is 10.1. The lowest BCUT2D eigenvalue weighted by molar-refractivity contribution is -0.126. The molecular weight excluding hydrogens is 254 g/mol. The van der Waals surface area contributed by atoms with Crippen molar-refractivity contribution in [3.8, 4) is 0 Å². The van der Waals surface area contributed by atoms with Gasteiger partial charge in [-0.25, -0.2) is 0 Å². The number of aryl methyl sites for hydroxylation is 1. The number of benzene rings is 1. The van der Waals surface area contributed by atoms with E-state index >= 15 is 0 Å². The van der Waals surface area contributed by atoms with E-state index in [-0.39, 0.29) is 11.8 Å². The summed E-state index contributed by atoms with van der Waals surface area (Å²) in [7, 11) is 1.73. The molecule has 0 fully saturated rings. The van der Waals surface area contributed by atoms with Gasteiger partial charge in [0.15, 0.2) is 0 Å². The van der Waals surface area contributed by atoms with Crippen molar-refractivity contribution in [2.75, 3.05) is 20.1 Å². The third-order valence-corrected chi connectivity index (χ3v) is 3.20. The van der Waals surface area contributed by atoms with Gasteiger partial charge >= 0.3 is 0 Å². The molecule has 0 saturated heterocycles. The van der Waals surface area contributed by atoms with Crippen LogP contribution in [0.3, 0.4) is 0 Å². The summed E-state index contributed by atoms with van der Waals surface area (Å²) in [6.07, 6.45) is 0. The zero-order valence-corrected chi connectivity index (χ0v) is 12.5. The van der Waals surface area contributed by atoms with Crippen LogP contribution in [-0.2, 0) is 4.79 Å². The molecule has 2 amide bonds. The zero-order chi connectivity index (χ0) is 15.2. The first-order valence-electron chi connectivity index (χ1n) is 6.69. The van der Waals surface area contributed by atoms with Gasteiger partial charge in [0, 0.05) is 18.7 Å². The van der Waals surface area contributed by atoms with Crippen LogP contribution in [0.25, 0.3) is 0 Å². The molecule has 5 heteroatoms. The van der Waals surface area contributed by atoms with Gasteiger partial charge in [-0.05, 0) is 40.0 Å². The standard InChI is InChI=1S/C15H23N3O2/c1-11-5-7-12(8-6-11)13(19)17-9-10-18-14(20)15(2,3)16-4/h5-8,16H,9-10H2,1-4H3,(H,17,19)(H,18,20). The molecule has 20 heavy (non-hydrogen) atoms. The Kier molecular flexibility index (Phi) is 5.70. The highest BCUT2D eigenvalue weighted by molar-refractivity contribution is 5.94. The minimum atomic E-state index is -0.610. The number of hydrogen-bond acceptors (Lipinski definition) is 3. The van der Waals surface area contributed by atoms with Gasteiger partial charge in [-0.2, -0.15) is 0 Å². The quantitative estimate of drug-likeness (QED) is 0.675. The summed E-state index contributed by atoms with van der Waals surface area (Å²) in [6.45, 7) is 6.38. The lowest BCUT2D eigenvalue weighted by Crippen LogP contribution is -2.52. The summed E-state index contributed by atoms with van der Waals surface area (Å²) in [5.74, 6) is -0.225. The number of nitrogens with one attached hydrogen (secondary N) is 3. The van der Waals surface area contributed by atoms with E-state index in [0.29, 0.717) is 18.7 Å². The van der Waals surface area contributed by atoms with E-state index in [1.165, 1.54) is 0 Å². The third-order valence-electron chi connectivity index (χ3n) is 3.20. The van der Waals surface area contributed by atoms with Crippen molar-refractivity contribution in [1.29, 1.82) is 0 Å². The Hall–Kier alpha value is -1.88. The number of carbonyl (C=O) groups excluding carboxylic acids is 2. The second kappa shape index (κ2) is 7.05. The van der Waals surface area contributed by atoms with Gasteiger partial charge < -0.3 is 16.0 Å². The van der Waals surface area contributed by atoms with Gasteiger partial charge in [0.1, 0.15) is 0 Å². The summed E-state index contributed by atoms with van der Waals surface area (Å²) in [4.78, 5) is 23.6. The second-order valence-electron chi connectivity index (χ2n) is 5.25. The fourth-order valence-corrected chi connectivity index (χ4v) is 1.49. The minimum absolute atomic E-state index is 0.0930. The van der Waals surface area contributed by atoms with Gasteiger partial charge in [-0.1, -0.05) is 17.7 Å². The maximum absolute atomic E-state index is 11.8. The monoisotopic (exact) mass is 277 g/mol. The molecule has 0 aliphatic rings. The minimum Gasteiger partial charge on any atom is -0.353 e. The molecule has 0 saturated carbocycles. The highest BCUT2D eigenvalue weighted by Gasteiger charge is 2.24. The number of rotatable bonds is 6. The van der Waals surface area contributed by atoms with Gasteiger partial charge in [-0.15, -0.1) is 0 Å². The second-order valence-corrected chi connectivity index (χ2v) is 5.25. The third kappa shape index (κ3) is 4.66. The van der Waals surface area contributed by atoms with E-state index in [4.69, 9.17) is 0 Å². The van der Waals surface area contributed by atoms with Crippen molar-refractivity contribution >= 4 is 11.8 Å². The SMILES string of the molecule is CNC(C)(C)C(=O)NCCNC(=O)c1ccc(C)cc1. The van der Waals surface area contributed by atoms with Gasteiger partial charge in [0.05, 0.1) is 5.54 Å². The Morgan fingerprint density at radius 1 is 1.05 bits per heavy atom. The number of hydrogen-bond donors (Lipinski definition) is 3. The topological polar surface area (TPSA) is 70.2 Å². The van der Waals surface area contributed by atoms with Crippen LogP contribution in [0.4, 0.5) is 0 Å². The van der Waals surface area contributed by atoms with Crippen LogP contribution in [0.2, 0.25) is 0 Å². The maximum Gasteiger partial charge on any atom is 0.251 e. The molecule has 0 bridgehead atoms. The number of amides is 2. The Morgan fingerprint density at radius 3 is 2.15 bits per heavy atom. The molecule has 110 valence electrons. The van der Waals surface area contributed by atoms with Crippen LogP contribution in [-0.4, -0.2) is 37.5 Å². The molecule has 0 spiro atoms. The Labute approximate surface area is 120 Å². The Balaban J connectivity index is 2.33. The largest absolute Gasteiger partial charge is 0.353 e. The van der Waals surface area contributed by atoms with E-state index in [0.717, 1.165) is 5.56 Å². The molecule has 1 rings (SSSR count). The van der Waals surface area contributed by atoms with E-state index < -0.39 is 5.54 Å². The molecule has 0 radical (unpaired) electrons. The smallest absolute Gasteiger partial charge is 0.251 e. The summed E-state index contributed by atoms with van der Waals surface area (Å²) >= 11 is 0. The summed E-state index contributed by atoms with van der Waals surface area (Å²) < 4.78 is 0. The van der Waals surface area contributed by atoms with Crippen molar-refractivity contribution in [2.45, 2.75) is 26.3 Å². The van der Waals surface area contributed by atoms with Crippen molar-refractivity contribution in [1.82, 2.24) is 16.0 Å². The first-order chi connectivity index (χ1) is 9.36. The average Bonchev–Trinajstić information content (AvgIpc) is 2.43. The molecule has 0 aliphatic carbocycles. The molecule has 5 nitrogen and oxygen atoms in total. The fourth-order valence-electron chi connectivity index (χ4n) is 1.49. The summed E-state index contributed by atoms with van der Waals surface area (Å²) in [5.41, 5.74) is 1.13. The molecule has 1 aromatic rings. The zero-order valence-electron chi connectivity index (χ0n) is 12.5. The van der Waals surface area contributed by atoms with Crippen molar-refractivity contribution < 1.29 is 9.59 Å². The van der Waals surface area contributed by atoms with Crippen molar-refractivity contribution in [3.63, 3.8) is 0 Å². The van der Waals surface area contributed by atoms with E-state index in [1.54, 1.807) is 33.0 Å². The molecular formula is C15H23N3O2. The van der Waals surface area contributed by atoms with Crippen LogP contribution in [0.1, 0.15) is 29.8 Å². The lowest BCUT2D eigenvalue weighted by Gasteiger charge is -2.22. The van der Waals surface area contributed by atoms with E-state index in [9.17, 15) is 9.59 Å². The molecule has 0 heterocycles. The molecule has 1 aromatic carbocycles. The highest BCUT2D eigenvalue weighted by atomic mass is 16.2. The van der Waals surface area contributed by atoms with Gasteiger partial charge in [-0.3, -0.25) is 9.59 Å². The Bertz CT molecular complexity index is 467. The van der Waals surface area contributed by atoms with Gasteiger partial charge in [0.2, 0.25) is 5.91 Å². The molecule has 0 aliphatic heterocycles. The molecule has 3 N–H and O–H groups in total. The first kappa shape index (κ1) is 16.2. The average molecular weight is 277 g/mol. The van der Waals surface area contributed by atoms with Crippen LogP contribution in [0.15, 0.2) is 24.3 Å². The van der Waals surface area contributed by atoms with Crippen LogP contribution in [0, 0.1) is 6.92 Å². The van der Waals surface area contributed by atoms with Gasteiger partial charge in [0.25, 0.3) is 5.91 Å². The number of likely N-dealkylation sites (N-methyl/N-ethyl adjacent to an activating group) is 1. The first-order valence-corrected chi connectivity index (χ1v) is 6.69. The van der Waals surface area contributed by atoms with E-state index in [2.05, 4.69) is 16.0 Å². The molecule has 0 atom stereocenters. The normalized spacial score (nSPS) is 11.0. The molecule has 0 unspecified atom stereocenters. The van der Waals surface area contributed by atoms with Crippen LogP contribution < -0.4 is 16.0 Å². The van der Waals surface area contributed by atoms with Crippen molar-refractivity contribution in [3.05, 3.63) is 35.4 Å². The molecule has 0 aromatic heterocycles. The van der Waals surface area contributed by atoms with E-state index in [1.807, 2.05) is 19.1 Å². The highest BCUT2D eigenvalue weighted by Crippen LogP contribution is 2.02. The fraction of sp³-hybridized carbons (Fsp3) is 0.467. The summed E-state index contributed by atoms with van der Waals surface area (Å²) in [5, 5.41) is 8.47. The van der Waals surface area contributed by atoms with Crippen LogP contribution >= 0.6 is 0 Å². The Morgan fingerprint density at radius 2 is 1.60 bits per heavy atom. The van der Waals surface area contributed by atoms with Crippen LogP contribution in [0.5, 0.6) is 0 Å². The van der Waals surface area contributed by atoms with Crippen molar-refractivity contribution in [2.24, 2.45) is 0 Å². The predicted molar refractivity (Wildman–Crippen MR) is 79.7 cm³/mol. The maximum atomic E-state index is 11.8. The predicted octanol–water partition coefficient (Wildman–Crippen LogP) is 0.839. The summed E-state index contributed by atoms with van der Waals surface area (Å²) in [6, 6.07) is 7.36.